The molecule has 29 heavy (non-hydrogen) atoms. The lowest BCUT2D eigenvalue weighted by Gasteiger charge is -2.18. The fraction of sp³-hybridized carbons (Fsp3) is 0.333. The first-order valence-corrected chi connectivity index (χ1v) is 9.06. The molecule has 2 aromatic rings. The molecule has 1 unspecified atom stereocenters. The fourth-order valence-electron chi connectivity index (χ4n) is 2.60. The summed E-state index contributed by atoms with van der Waals surface area (Å²) in [5.41, 5.74) is 3.16. The third-order valence-electron chi connectivity index (χ3n) is 3.98. The van der Waals surface area contributed by atoms with Crippen molar-refractivity contribution in [2.45, 2.75) is 31.9 Å². The van der Waals surface area contributed by atoms with E-state index in [9.17, 15) is 27.6 Å². The third-order valence-corrected chi connectivity index (χ3v) is 4.24. The van der Waals surface area contributed by atoms with Gasteiger partial charge in [0.15, 0.2) is 0 Å². The Balaban J connectivity index is 2.12. The Morgan fingerprint density at radius 2 is 1.86 bits per heavy atom. The van der Waals surface area contributed by atoms with Crippen LogP contribution in [0.1, 0.15) is 46.2 Å². The predicted molar refractivity (Wildman–Crippen MR) is 99.3 cm³/mol. The minimum absolute atomic E-state index is 0.196. The summed E-state index contributed by atoms with van der Waals surface area (Å²) in [6.07, 6.45) is -3.79. The van der Waals surface area contributed by atoms with Crippen molar-refractivity contribution < 1.29 is 22.8 Å². The van der Waals surface area contributed by atoms with Crippen LogP contribution in [-0.4, -0.2) is 27.7 Å². The minimum Gasteiger partial charge on any atom is -0.311 e. The molecule has 1 heterocycles. The Bertz CT molecular complexity index is 929. The number of aromatic nitrogens is 2. The highest BCUT2D eigenvalue weighted by Gasteiger charge is 2.31. The van der Waals surface area contributed by atoms with Crippen LogP contribution in [0.5, 0.6) is 0 Å². The van der Waals surface area contributed by atoms with Crippen molar-refractivity contribution in [1.29, 1.82) is 0 Å². The second-order valence-electron chi connectivity index (χ2n) is 6.16. The number of aromatic amines is 1. The third kappa shape index (κ3) is 6.31. The second-order valence-corrected chi connectivity index (χ2v) is 6.54. The molecular formula is C18H18ClF3N4O3. The fourth-order valence-corrected chi connectivity index (χ4v) is 2.75. The van der Waals surface area contributed by atoms with Crippen LogP contribution in [0.15, 0.2) is 35.1 Å². The van der Waals surface area contributed by atoms with E-state index in [1.165, 1.54) is 19.1 Å². The van der Waals surface area contributed by atoms with Crippen molar-refractivity contribution >= 4 is 23.4 Å². The second kappa shape index (κ2) is 9.55. The van der Waals surface area contributed by atoms with Gasteiger partial charge in [-0.3, -0.25) is 25.2 Å². The van der Waals surface area contributed by atoms with Crippen LogP contribution in [0.3, 0.4) is 0 Å². The Kier molecular flexibility index (Phi) is 7.38. The number of alkyl halides is 4. The quantitative estimate of drug-likeness (QED) is 0.484. The van der Waals surface area contributed by atoms with E-state index in [2.05, 4.69) is 20.8 Å². The lowest BCUT2D eigenvalue weighted by atomic mass is 9.93. The zero-order valence-electron chi connectivity index (χ0n) is 15.3. The predicted octanol–water partition coefficient (Wildman–Crippen LogP) is 2.66. The number of hydrazine groups is 1. The van der Waals surface area contributed by atoms with E-state index in [1.807, 2.05) is 0 Å². The number of amides is 2. The maximum absolute atomic E-state index is 12.7. The van der Waals surface area contributed by atoms with Crippen LogP contribution in [-0.2, 0) is 11.0 Å². The minimum atomic E-state index is -4.49. The maximum atomic E-state index is 12.7. The Morgan fingerprint density at radius 1 is 1.21 bits per heavy atom. The van der Waals surface area contributed by atoms with Crippen molar-refractivity contribution in [3.63, 3.8) is 0 Å². The van der Waals surface area contributed by atoms with Gasteiger partial charge in [0.05, 0.1) is 11.5 Å². The summed E-state index contributed by atoms with van der Waals surface area (Å²) in [4.78, 5) is 42.3. The van der Waals surface area contributed by atoms with E-state index in [4.69, 9.17) is 11.6 Å². The molecule has 2 rings (SSSR count). The first-order chi connectivity index (χ1) is 13.6. The maximum Gasteiger partial charge on any atom is 0.416 e. The van der Waals surface area contributed by atoms with Gasteiger partial charge in [0.1, 0.15) is 11.5 Å². The van der Waals surface area contributed by atoms with Gasteiger partial charge in [-0.25, -0.2) is 4.98 Å². The van der Waals surface area contributed by atoms with Crippen LogP contribution >= 0.6 is 11.6 Å². The molecule has 7 nitrogen and oxygen atoms in total. The molecule has 0 radical (unpaired) electrons. The number of rotatable bonds is 6. The van der Waals surface area contributed by atoms with Gasteiger partial charge in [-0.05, 0) is 37.5 Å². The number of hydrogen-bond donors (Lipinski definition) is 3. The lowest BCUT2D eigenvalue weighted by molar-refractivity contribution is -0.137. The summed E-state index contributed by atoms with van der Waals surface area (Å²) in [5.74, 6) is -1.79. The zero-order valence-corrected chi connectivity index (χ0v) is 16.0. The molecule has 1 aromatic heterocycles. The summed E-state index contributed by atoms with van der Waals surface area (Å²) in [7, 11) is 0. The molecule has 0 aliphatic rings. The van der Waals surface area contributed by atoms with Crippen molar-refractivity contribution in [1.82, 2.24) is 20.8 Å². The van der Waals surface area contributed by atoms with E-state index < -0.39 is 35.0 Å². The molecular weight excluding hydrogens is 413 g/mol. The topological polar surface area (TPSA) is 104 Å². The number of halogens is 4. The van der Waals surface area contributed by atoms with E-state index in [1.54, 1.807) is 0 Å². The SMILES string of the molecule is Cc1nc(C(=O)NNC(=O)C(CCCCl)c2ccc(C(F)(F)F)cc2)cc(=O)[nH]1. The highest BCUT2D eigenvalue weighted by molar-refractivity contribution is 6.17. The monoisotopic (exact) mass is 430 g/mol. The van der Waals surface area contributed by atoms with Crippen LogP contribution < -0.4 is 16.4 Å². The molecule has 156 valence electrons. The van der Waals surface area contributed by atoms with Gasteiger partial charge in [-0.15, -0.1) is 11.6 Å². The molecule has 0 spiro atoms. The number of nitrogens with zero attached hydrogens (tertiary/aromatic N) is 1. The van der Waals surface area contributed by atoms with E-state index in [-0.39, 0.29) is 23.8 Å². The molecule has 0 saturated heterocycles. The first-order valence-electron chi connectivity index (χ1n) is 8.53. The van der Waals surface area contributed by atoms with Gasteiger partial charge >= 0.3 is 6.18 Å². The molecule has 2 amide bonds. The van der Waals surface area contributed by atoms with Gasteiger partial charge in [0.2, 0.25) is 5.91 Å². The highest BCUT2D eigenvalue weighted by atomic mass is 35.5. The number of carbonyl (C=O) groups excluding carboxylic acids is 2. The molecule has 1 aromatic carbocycles. The van der Waals surface area contributed by atoms with Gasteiger partial charge in [0, 0.05) is 11.9 Å². The summed E-state index contributed by atoms with van der Waals surface area (Å²) >= 11 is 5.67. The highest BCUT2D eigenvalue weighted by Crippen LogP contribution is 2.31. The summed E-state index contributed by atoms with van der Waals surface area (Å²) in [6.45, 7) is 1.49. The number of nitrogens with one attached hydrogen (secondary N) is 3. The number of carbonyl (C=O) groups is 2. The molecule has 0 bridgehead atoms. The van der Waals surface area contributed by atoms with E-state index in [0.29, 0.717) is 12.0 Å². The smallest absolute Gasteiger partial charge is 0.311 e. The zero-order chi connectivity index (χ0) is 21.6. The van der Waals surface area contributed by atoms with Gasteiger partial charge < -0.3 is 4.98 Å². The number of H-pyrrole nitrogens is 1. The van der Waals surface area contributed by atoms with Crippen molar-refractivity contribution in [2.75, 3.05) is 5.88 Å². The van der Waals surface area contributed by atoms with Crippen LogP contribution in [0.4, 0.5) is 13.2 Å². The summed E-state index contributed by atoms with van der Waals surface area (Å²) in [6, 6.07) is 5.17. The van der Waals surface area contributed by atoms with E-state index >= 15 is 0 Å². The summed E-state index contributed by atoms with van der Waals surface area (Å²) < 4.78 is 38.2. The molecule has 0 aliphatic heterocycles. The molecule has 0 saturated carbocycles. The van der Waals surface area contributed by atoms with Gasteiger partial charge in [0.25, 0.3) is 11.5 Å². The molecule has 11 heteroatoms. The number of benzene rings is 1. The Labute approximate surface area is 168 Å². The number of aryl methyl sites for hydroxylation is 1. The largest absolute Gasteiger partial charge is 0.416 e. The molecule has 1 atom stereocenters. The summed E-state index contributed by atoms with van der Waals surface area (Å²) in [5, 5.41) is 0. The average molecular weight is 431 g/mol. The van der Waals surface area contributed by atoms with Crippen molar-refractivity contribution in [3.8, 4) is 0 Å². The normalized spacial score (nSPS) is 12.3. The lowest BCUT2D eigenvalue weighted by Crippen LogP contribution is -2.44. The first kappa shape index (κ1) is 22.4. The van der Waals surface area contributed by atoms with Crippen molar-refractivity contribution in [3.05, 3.63) is 63.3 Å². The molecule has 0 aliphatic carbocycles. The average Bonchev–Trinajstić information content (AvgIpc) is 2.65. The molecule has 3 N–H and O–H groups in total. The van der Waals surface area contributed by atoms with Crippen LogP contribution in [0.25, 0.3) is 0 Å². The Hall–Kier alpha value is -2.88. The van der Waals surface area contributed by atoms with Crippen molar-refractivity contribution in [2.24, 2.45) is 0 Å². The Morgan fingerprint density at radius 3 is 2.41 bits per heavy atom. The van der Waals surface area contributed by atoms with Crippen LogP contribution in [0.2, 0.25) is 0 Å². The van der Waals surface area contributed by atoms with E-state index in [0.717, 1.165) is 18.2 Å². The standard InChI is InChI=1S/C18H18ClF3N4O3/c1-10-23-14(9-15(27)24-10)17(29)26-25-16(28)13(3-2-8-19)11-4-6-12(7-5-11)18(20,21)22/h4-7,9,13H,2-3,8H2,1H3,(H,25,28)(H,26,29)(H,23,24,27). The van der Waals surface area contributed by atoms with Crippen LogP contribution in [0, 0.1) is 6.92 Å². The van der Waals surface area contributed by atoms with Gasteiger partial charge in [-0.1, -0.05) is 12.1 Å². The van der Waals surface area contributed by atoms with Gasteiger partial charge in [-0.2, -0.15) is 13.2 Å². The number of hydrogen-bond acceptors (Lipinski definition) is 4. The molecule has 0 fully saturated rings.